The molecular weight excluding hydrogens is 454 g/mol. The molecule has 0 amide bonds. The van der Waals surface area contributed by atoms with Crippen LogP contribution < -0.4 is 20.5 Å². The number of aromatic nitrogens is 7. The second-order valence-electron chi connectivity index (χ2n) is 8.03. The minimum atomic E-state index is -0.329. The van der Waals surface area contributed by atoms with E-state index in [-0.39, 0.29) is 17.3 Å². The van der Waals surface area contributed by atoms with Crippen molar-refractivity contribution in [2.45, 2.75) is 25.8 Å². The number of hydrogen-bond donors (Lipinski definition) is 3. The lowest BCUT2D eigenvalue weighted by molar-refractivity contribution is 0.143. The average Bonchev–Trinajstić information content (AvgIpc) is 3.60. The van der Waals surface area contributed by atoms with E-state index in [0.29, 0.717) is 54.7 Å². The quantitative estimate of drug-likeness (QED) is 0.302. The third kappa shape index (κ3) is 4.99. The highest BCUT2D eigenvalue weighted by Crippen LogP contribution is 2.37. The van der Waals surface area contributed by atoms with E-state index < -0.39 is 0 Å². The van der Waals surface area contributed by atoms with Crippen molar-refractivity contribution in [3.05, 3.63) is 52.4 Å². The molecule has 0 radical (unpaired) electrons. The smallest absolute Gasteiger partial charge is 0.276 e. The summed E-state index contributed by atoms with van der Waals surface area (Å²) in [6, 6.07) is 5.18. The Bertz CT molecular complexity index is 1350. The largest absolute Gasteiger partial charge is 0.475 e. The number of methoxy groups -OCH3 is 1. The van der Waals surface area contributed by atoms with Crippen LogP contribution in [0.5, 0.6) is 5.88 Å². The first kappa shape index (κ1) is 22.5. The van der Waals surface area contributed by atoms with E-state index in [2.05, 4.69) is 35.6 Å². The van der Waals surface area contributed by atoms with Gasteiger partial charge >= 0.3 is 0 Å². The Hall–Kier alpha value is -4.26. The van der Waals surface area contributed by atoms with Crippen molar-refractivity contribution < 1.29 is 14.0 Å². The van der Waals surface area contributed by atoms with Crippen LogP contribution in [0.15, 0.2) is 39.9 Å². The van der Waals surface area contributed by atoms with Crippen LogP contribution in [0, 0.1) is 6.92 Å². The molecule has 1 fully saturated rings. The Balaban J connectivity index is 1.44. The number of rotatable bonds is 9. The fraction of sp³-hybridized carbons (Fsp3) is 0.364. The van der Waals surface area contributed by atoms with Crippen LogP contribution in [0.3, 0.4) is 0 Å². The molecule has 3 N–H and O–H groups in total. The topological polar surface area (TPSA) is 160 Å². The second-order valence-corrected chi connectivity index (χ2v) is 8.03. The lowest BCUT2D eigenvalue weighted by atomic mass is 10.1. The highest BCUT2D eigenvalue weighted by molar-refractivity contribution is 5.57. The first-order chi connectivity index (χ1) is 17.1. The Labute approximate surface area is 199 Å². The summed E-state index contributed by atoms with van der Waals surface area (Å²) in [5.41, 5.74) is 1.18. The summed E-state index contributed by atoms with van der Waals surface area (Å²) in [6.07, 6.45) is 4.70. The summed E-state index contributed by atoms with van der Waals surface area (Å²) >= 11 is 0. The molecule has 4 aromatic heterocycles. The van der Waals surface area contributed by atoms with Crippen LogP contribution in [0.1, 0.15) is 30.3 Å². The van der Waals surface area contributed by atoms with Crippen LogP contribution in [-0.4, -0.2) is 62.2 Å². The maximum absolute atomic E-state index is 12.1. The van der Waals surface area contributed by atoms with Crippen LogP contribution in [0.2, 0.25) is 0 Å². The molecule has 1 aliphatic rings. The van der Waals surface area contributed by atoms with Crippen molar-refractivity contribution in [2.24, 2.45) is 0 Å². The predicted molar refractivity (Wildman–Crippen MR) is 126 cm³/mol. The summed E-state index contributed by atoms with van der Waals surface area (Å²) in [5, 5.41) is 14.4. The number of aromatic amines is 2. The number of ether oxygens (including phenoxy) is 2. The normalized spacial score (nSPS) is 15.5. The second kappa shape index (κ2) is 9.93. The zero-order valence-electron chi connectivity index (χ0n) is 19.3. The van der Waals surface area contributed by atoms with Gasteiger partial charge in [0.1, 0.15) is 18.1 Å². The standard InChI is InChI=1S/C22H25N9O4/c1-13-10-18(29-28-13)25-17-12-19(34-9-8-33-2)27-22(26-17)31-7-3-4-15(31)16-11-14(30-35-16)20-21(32)24-6-5-23-20/h5-6,10-12,15H,3-4,7-9H2,1-2H3,(H,24,32)(H2,25,26,27,28,29). The summed E-state index contributed by atoms with van der Waals surface area (Å²) in [6.45, 7) is 3.41. The average molecular weight is 480 g/mol. The van der Waals surface area contributed by atoms with E-state index in [1.54, 1.807) is 19.2 Å². The van der Waals surface area contributed by atoms with Crippen LogP contribution >= 0.6 is 0 Å². The first-order valence-corrected chi connectivity index (χ1v) is 11.2. The van der Waals surface area contributed by atoms with Gasteiger partial charge in [0.15, 0.2) is 17.3 Å². The van der Waals surface area contributed by atoms with Crippen molar-refractivity contribution in [2.75, 3.05) is 37.1 Å². The number of anilines is 3. The molecule has 5 rings (SSSR count). The zero-order valence-corrected chi connectivity index (χ0v) is 19.3. The maximum Gasteiger partial charge on any atom is 0.276 e. The summed E-state index contributed by atoms with van der Waals surface area (Å²) in [5.74, 6) is 2.66. The Morgan fingerprint density at radius 2 is 2.14 bits per heavy atom. The Morgan fingerprint density at radius 3 is 2.94 bits per heavy atom. The molecule has 0 aliphatic carbocycles. The Morgan fingerprint density at radius 1 is 1.23 bits per heavy atom. The van der Waals surface area contributed by atoms with E-state index in [9.17, 15) is 4.79 Å². The van der Waals surface area contributed by atoms with Gasteiger partial charge in [-0.25, -0.2) is 4.98 Å². The van der Waals surface area contributed by atoms with Crippen LogP contribution in [0.4, 0.5) is 17.6 Å². The molecule has 0 spiro atoms. The van der Waals surface area contributed by atoms with Gasteiger partial charge in [-0.15, -0.1) is 0 Å². The van der Waals surface area contributed by atoms with Crippen molar-refractivity contribution in [1.29, 1.82) is 0 Å². The molecule has 1 unspecified atom stereocenters. The van der Waals surface area contributed by atoms with Gasteiger partial charge < -0.3 is 29.2 Å². The molecule has 0 saturated carbocycles. The van der Waals surface area contributed by atoms with Crippen molar-refractivity contribution >= 4 is 17.6 Å². The van der Waals surface area contributed by atoms with Gasteiger partial charge in [0, 0.05) is 49.9 Å². The van der Waals surface area contributed by atoms with Crippen LogP contribution in [-0.2, 0) is 4.74 Å². The van der Waals surface area contributed by atoms with Crippen LogP contribution in [0.25, 0.3) is 11.4 Å². The molecule has 5 heterocycles. The SMILES string of the molecule is COCCOc1cc(Nc2cc(C)[nH]n2)nc(N2CCCC2c2cc(-c3ncc[nH]c3=O)no2)n1. The van der Waals surface area contributed by atoms with Gasteiger partial charge in [0.25, 0.3) is 5.56 Å². The number of nitrogens with zero attached hydrogens (tertiary/aromatic N) is 6. The van der Waals surface area contributed by atoms with E-state index in [1.807, 2.05) is 17.9 Å². The number of hydrogen-bond acceptors (Lipinski definition) is 11. The minimum Gasteiger partial charge on any atom is -0.475 e. The van der Waals surface area contributed by atoms with Gasteiger partial charge in [0.2, 0.25) is 11.8 Å². The molecule has 13 nitrogen and oxygen atoms in total. The van der Waals surface area contributed by atoms with E-state index in [1.165, 1.54) is 12.4 Å². The van der Waals surface area contributed by atoms with Gasteiger partial charge in [-0.3, -0.25) is 9.89 Å². The monoisotopic (exact) mass is 479 g/mol. The predicted octanol–water partition coefficient (Wildman–Crippen LogP) is 2.36. The highest BCUT2D eigenvalue weighted by atomic mass is 16.5. The van der Waals surface area contributed by atoms with Crippen molar-refractivity contribution in [3.8, 4) is 17.3 Å². The molecule has 13 heteroatoms. The Kier molecular flexibility index (Phi) is 6.39. The highest BCUT2D eigenvalue weighted by Gasteiger charge is 2.32. The summed E-state index contributed by atoms with van der Waals surface area (Å²) in [4.78, 5) is 30.2. The van der Waals surface area contributed by atoms with E-state index in [0.717, 1.165) is 18.5 Å². The summed E-state index contributed by atoms with van der Waals surface area (Å²) in [7, 11) is 1.61. The van der Waals surface area contributed by atoms with Gasteiger partial charge in [-0.1, -0.05) is 5.16 Å². The molecule has 1 aliphatic heterocycles. The fourth-order valence-electron chi connectivity index (χ4n) is 3.92. The van der Waals surface area contributed by atoms with Gasteiger partial charge in [-0.05, 0) is 19.8 Å². The lowest BCUT2D eigenvalue weighted by Crippen LogP contribution is -2.25. The third-order valence-corrected chi connectivity index (χ3v) is 5.51. The zero-order chi connectivity index (χ0) is 24.2. The minimum absolute atomic E-state index is 0.159. The van der Waals surface area contributed by atoms with Gasteiger partial charge in [0.05, 0.1) is 12.6 Å². The number of H-pyrrole nitrogens is 2. The van der Waals surface area contributed by atoms with E-state index in [4.69, 9.17) is 19.0 Å². The molecule has 0 aromatic carbocycles. The lowest BCUT2D eigenvalue weighted by Gasteiger charge is -2.23. The molecule has 35 heavy (non-hydrogen) atoms. The van der Waals surface area contributed by atoms with Crippen molar-refractivity contribution in [1.82, 2.24) is 35.3 Å². The summed E-state index contributed by atoms with van der Waals surface area (Å²) < 4.78 is 16.5. The third-order valence-electron chi connectivity index (χ3n) is 5.51. The fourth-order valence-corrected chi connectivity index (χ4v) is 3.92. The molecule has 4 aromatic rings. The maximum atomic E-state index is 12.1. The first-order valence-electron chi connectivity index (χ1n) is 11.2. The number of aryl methyl sites for hydroxylation is 1. The molecule has 1 atom stereocenters. The van der Waals surface area contributed by atoms with Gasteiger partial charge in [-0.2, -0.15) is 15.1 Å². The van der Waals surface area contributed by atoms with Crippen molar-refractivity contribution in [3.63, 3.8) is 0 Å². The number of nitrogens with one attached hydrogen (secondary N) is 3. The molecule has 1 saturated heterocycles. The molecule has 182 valence electrons. The molecular formula is C22H25N9O4. The van der Waals surface area contributed by atoms with E-state index >= 15 is 0 Å². The molecule has 0 bridgehead atoms.